The van der Waals surface area contributed by atoms with Gasteiger partial charge in [-0.2, -0.15) is 0 Å². The van der Waals surface area contributed by atoms with E-state index in [-0.39, 0.29) is 0 Å². The van der Waals surface area contributed by atoms with E-state index in [0.29, 0.717) is 11.1 Å². The maximum atomic E-state index is 5.87. The van der Waals surface area contributed by atoms with Crippen LogP contribution in [0.25, 0.3) is 0 Å². The van der Waals surface area contributed by atoms with Gasteiger partial charge in [0, 0.05) is 12.1 Å². The summed E-state index contributed by atoms with van der Waals surface area (Å²) in [6, 6.07) is 0. The van der Waals surface area contributed by atoms with E-state index in [1.165, 1.54) is 6.33 Å². The summed E-state index contributed by atoms with van der Waals surface area (Å²) >= 11 is 5.87. The monoisotopic (exact) mass is 213 g/mol. The highest BCUT2D eigenvalue weighted by atomic mass is 35.5. The van der Waals surface area contributed by atoms with Gasteiger partial charge in [-0.05, 0) is 12.8 Å². The third-order valence-electron chi connectivity index (χ3n) is 2.34. The molecule has 1 N–H and O–H groups in total. The summed E-state index contributed by atoms with van der Waals surface area (Å²) in [6.45, 7) is 7.21. The number of nitrogens with one attached hydrogen (secondary N) is 1. The topological polar surface area (TPSA) is 37.8 Å². The van der Waals surface area contributed by atoms with Gasteiger partial charge in [-0.15, -0.1) is 0 Å². The van der Waals surface area contributed by atoms with Gasteiger partial charge in [-0.3, -0.25) is 0 Å². The molecule has 0 aliphatic carbocycles. The first kappa shape index (κ1) is 11.2. The number of hydrogen-bond donors (Lipinski definition) is 1. The molecule has 0 aromatic carbocycles. The Bertz CT molecular complexity index is 301. The molecule has 0 saturated carbocycles. The van der Waals surface area contributed by atoms with Crippen molar-refractivity contribution in [1.29, 1.82) is 0 Å². The van der Waals surface area contributed by atoms with Crippen LogP contribution in [0.1, 0.15) is 25.8 Å². The molecule has 0 amide bonds. The first-order chi connectivity index (χ1) is 6.65. The van der Waals surface area contributed by atoms with Crippen LogP contribution in [0.5, 0.6) is 0 Å². The lowest BCUT2D eigenvalue weighted by Crippen LogP contribution is -2.12. The Morgan fingerprint density at radius 2 is 2.21 bits per heavy atom. The van der Waals surface area contributed by atoms with E-state index < -0.39 is 0 Å². The minimum atomic E-state index is 0.520. The molecule has 3 nitrogen and oxygen atoms in total. The molecule has 14 heavy (non-hydrogen) atoms. The first-order valence-electron chi connectivity index (χ1n) is 4.86. The Hall–Kier alpha value is -0.830. The molecule has 0 fully saturated rings. The van der Waals surface area contributed by atoms with Crippen molar-refractivity contribution in [3.8, 4) is 0 Å². The third kappa shape index (κ3) is 2.84. The molecule has 0 saturated heterocycles. The number of aromatic nitrogens is 2. The summed E-state index contributed by atoms with van der Waals surface area (Å²) in [7, 11) is 0. The fourth-order valence-electron chi connectivity index (χ4n) is 1.02. The fourth-order valence-corrected chi connectivity index (χ4v) is 1.16. The average molecular weight is 214 g/mol. The van der Waals surface area contributed by atoms with Crippen LogP contribution in [0.3, 0.4) is 0 Å². The quantitative estimate of drug-likeness (QED) is 0.782. The van der Waals surface area contributed by atoms with Crippen molar-refractivity contribution in [3.63, 3.8) is 0 Å². The van der Waals surface area contributed by atoms with Crippen LogP contribution in [-0.2, 0) is 0 Å². The molecule has 78 valence electrons. The number of nitrogens with zero attached hydrogens (tertiary/aromatic N) is 2. The summed E-state index contributed by atoms with van der Waals surface area (Å²) in [5.74, 6) is 1.48. The van der Waals surface area contributed by atoms with E-state index in [0.717, 1.165) is 24.3 Å². The molecular weight excluding hydrogens is 198 g/mol. The van der Waals surface area contributed by atoms with Crippen molar-refractivity contribution in [1.82, 2.24) is 9.97 Å². The van der Waals surface area contributed by atoms with Gasteiger partial charge in [-0.1, -0.05) is 31.9 Å². The van der Waals surface area contributed by atoms with Gasteiger partial charge >= 0.3 is 0 Å². The van der Waals surface area contributed by atoms with Crippen molar-refractivity contribution >= 4 is 17.4 Å². The molecule has 0 radical (unpaired) electrons. The van der Waals surface area contributed by atoms with Gasteiger partial charge in [0.15, 0.2) is 0 Å². The third-order valence-corrected chi connectivity index (χ3v) is 2.72. The summed E-state index contributed by atoms with van der Waals surface area (Å²) < 4.78 is 0. The molecule has 4 heteroatoms. The standard InChI is InChI=1S/C10H16ClN3/c1-4-7(2)5-12-10-8(3)9(11)13-6-14-10/h6-7H,4-5H2,1-3H3,(H,12,13,14). The molecule has 0 spiro atoms. The summed E-state index contributed by atoms with van der Waals surface area (Å²) in [4.78, 5) is 8.04. The van der Waals surface area contributed by atoms with Gasteiger partial charge in [0.25, 0.3) is 0 Å². The van der Waals surface area contributed by atoms with E-state index in [2.05, 4.69) is 29.1 Å². The zero-order valence-electron chi connectivity index (χ0n) is 8.84. The van der Waals surface area contributed by atoms with Crippen molar-refractivity contribution in [2.45, 2.75) is 27.2 Å². The van der Waals surface area contributed by atoms with Crippen LogP contribution < -0.4 is 5.32 Å². The van der Waals surface area contributed by atoms with Gasteiger partial charge in [-0.25, -0.2) is 9.97 Å². The Morgan fingerprint density at radius 3 is 2.86 bits per heavy atom. The fraction of sp³-hybridized carbons (Fsp3) is 0.600. The van der Waals surface area contributed by atoms with Crippen molar-refractivity contribution in [3.05, 3.63) is 17.0 Å². The molecule has 1 aromatic heterocycles. The van der Waals surface area contributed by atoms with Crippen LogP contribution in [0.15, 0.2) is 6.33 Å². The van der Waals surface area contributed by atoms with Gasteiger partial charge in [0.05, 0.1) is 0 Å². The van der Waals surface area contributed by atoms with Crippen LogP contribution in [-0.4, -0.2) is 16.5 Å². The summed E-state index contributed by atoms with van der Waals surface area (Å²) in [6.07, 6.45) is 2.64. The predicted octanol–water partition coefficient (Wildman–Crippen LogP) is 2.90. The Morgan fingerprint density at radius 1 is 1.50 bits per heavy atom. The largest absolute Gasteiger partial charge is 0.369 e. The second-order valence-corrected chi connectivity index (χ2v) is 3.89. The maximum absolute atomic E-state index is 5.87. The summed E-state index contributed by atoms with van der Waals surface area (Å²) in [5, 5.41) is 3.79. The lowest BCUT2D eigenvalue weighted by molar-refractivity contribution is 0.592. The second kappa shape index (κ2) is 5.15. The van der Waals surface area contributed by atoms with Gasteiger partial charge in [0.1, 0.15) is 17.3 Å². The van der Waals surface area contributed by atoms with E-state index in [1.54, 1.807) is 0 Å². The van der Waals surface area contributed by atoms with Gasteiger partial charge in [0.2, 0.25) is 0 Å². The number of anilines is 1. The first-order valence-corrected chi connectivity index (χ1v) is 5.24. The number of rotatable bonds is 4. The molecule has 0 aliphatic rings. The van der Waals surface area contributed by atoms with Gasteiger partial charge < -0.3 is 5.32 Å². The van der Waals surface area contributed by atoms with Crippen LogP contribution in [0.2, 0.25) is 5.15 Å². The zero-order valence-corrected chi connectivity index (χ0v) is 9.60. The van der Waals surface area contributed by atoms with Crippen molar-refractivity contribution < 1.29 is 0 Å². The lowest BCUT2D eigenvalue weighted by Gasteiger charge is -2.12. The van der Waals surface area contributed by atoms with E-state index in [1.807, 2.05) is 6.92 Å². The minimum absolute atomic E-state index is 0.520. The molecule has 1 aromatic rings. The Labute approximate surface area is 89.9 Å². The molecule has 1 rings (SSSR count). The van der Waals surface area contributed by atoms with Crippen molar-refractivity contribution in [2.24, 2.45) is 5.92 Å². The molecular formula is C10H16ClN3. The molecule has 1 unspecified atom stereocenters. The van der Waals surface area contributed by atoms with Crippen LogP contribution in [0, 0.1) is 12.8 Å². The maximum Gasteiger partial charge on any atom is 0.137 e. The number of hydrogen-bond acceptors (Lipinski definition) is 3. The highest BCUT2D eigenvalue weighted by Crippen LogP contribution is 2.18. The summed E-state index contributed by atoms with van der Waals surface area (Å²) in [5.41, 5.74) is 0.914. The second-order valence-electron chi connectivity index (χ2n) is 3.53. The number of halogens is 1. The molecule has 1 heterocycles. The zero-order chi connectivity index (χ0) is 10.6. The minimum Gasteiger partial charge on any atom is -0.369 e. The average Bonchev–Trinajstić information content (AvgIpc) is 2.20. The van der Waals surface area contributed by atoms with E-state index in [9.17, 15) is 0 Å². The highest BCUT2D eigenvalue weighted by Gasteiger charge is 2.05. The van der Waals surface area contributed by atoms with Crippen LogP contribution >= 0.6 is 11.6 Å². The van der Waals surface area contributed by atoms with E-state index >= 15 is 0 Å². The molecule has 0 bridgehead atoms. The SMILES string of the molecule is CCC(C)CNc1ncnc(Cl)c1C. The lowest BCUT2D eigenvalue weighted by atomic mass is 10.1. The molecule has 1 atom stereocenters. The molecule has 0 aliphatic heterocycles. The normalized spacial score (nSPS) is 12.6. The van der Waals surface area contributed by atoms with E-state index in [4.69, 9.17) is 11.6 Å². The smallest absolute Gasteiger partial charge is 0.137 e. The van der Waals surface area contributed by atoms with Crippen LogP contribution in [0.4, 0.5) is 5.82 Å². The van der Waals surface area contributed by atoms with Crippen molar-refractivity contribution in [2.75, 3.05) is 11.9 Å². The Balaban J connectivity index is 2.63. The Kier molecular flexibility index (Phi) is 4.14. The highest BCUT2D eigenvalue weighted by molar-refractivity contribution is 6.30. The predicted molar refractivity (Wildman–Crippen MR) is 59.7 cm³/mol.